The highest BCUT2D eigenvalue weighted by atomic mass is 32.1. The number of carbonyl (C=O) groups excluding carboxylic acids is 1. The van der Waals surface area contributed by atoms with Crippen LogP contribution in [0.4, 0.5) is 5.13 Å². The Morgan fingerprint density at radius 2 is 1.79 bits per heavy atom. The Hall–Kier alpha value is -3.39. The lowest BCUT2D eigenvalue weighted by Gasteiger charge is -2.21. The minimum absolute atomic E-state index is 0.163. The highest BCUT2D eigenvalue weighted by molar-refractivity contribution is 7.22. The molecule has 178 valence electrons. The number of aromatic nitrogens is 3. The lowest BCUT2D eigenvalue weighted by atomic mass is 10.0. The zero-order valence-electron chi connectivity index (χ0n) is 20.5. The first-order chi connectivity index (χ1) is 16.3. The first-order valence-electron chi connectivity index (χ1n) is 11.3. The Morgan fingerprint density at radius 3 is 2.38 bits per heavy atom. The lowest BCUT2D eigenvalue weighted by Crippen LogP contribution is -2.34. The maximum Gasteiger partial charge on any atom is 0.260 e. The molecule has 0 aliphatic carbocycles. The second-order valence-corrected chi connectivity index (χ2v) is 9.56. The second kappa shape index (κ2) is 9.85. The van der Waals surface area contributed by atoms with Crippen LogP contribution < -0.4 is 14.4 Å². The van der Waals surface area contributed by atoms with E-state index in [1.165, 1.54) is 16.9 Å². The van der Waals surface area contributed by atoms with E-state index in [0.29, 0.717) is 41.2 Å². The summed E-state index contributed by atoms with van der Waals surface area (Å²) >= 11 is 1.53. The molecule has 1 amide bonds. The maximum absolute atomic E-state index is 13.8. The third kappa shape index (κ3) is 4.77. The Balaban J connectivity index is 1.77. The molecule has 0 fully saturated rings. The molecular formula is C26H30N4O3S. The fraction of sp³-hybridized carbons (Fsp3) is 0.346. The summed E-state index contributed by atoms with van der Waals surface area (Å²) in [5.74, 6) is 1.30. The summed E-state index contributed by atoms with van der Waals surface area (Å²) in [5, 5.41) is 5.23. The van der Waals surface area contributed by atoms with Crippen molar-refractivity contribution in [3.8, 4) is 11.5 Å². The molecule has 7 nitrogen and oxygen atoms in total. The summed E-state index contributed by atoms with van der Waals surface area (Å²) in [6, 6.07) is 13.5. The molecule has 0 saturated carbocycles. The molecule has 4 rings (SSSR count). The number of aryl methyl sites for hydroxylation is 2. The quantitative estimate of drug-likeness (QED) is 0.330. The van der Waals surface area contributed by atoms with Crippen LogP contribution in [-0.4, -0.2) is 41.4 Å². The number of fused-ring (bicyclic) bond motifs is 1. The van der Waals surface area contributed by atoms with Crippen LogP contribution in [0, 0.1) is 13.8 Å². The van der Waals surface area contributed by atoms with Crippen molar-refractivity contribution in [2.24, 2.45) is 0 Å². The molecule has 34 heavy (non-hydrogen) atoms. The first kappa shape index (κ1) is 23.8. The molecule has 0 radical (unpaired) electrons. The number of anilines is 1. The van der Waals surface area contributed by atoms with Gasteiger partial charge in [0.2, 0.25) is 0 Å². The number of amides is 1. The van der Waals surface area contributed by atoms with Crippen molar-refractivity contribution in [1.29, 1.82) is 0 Å². The fourth-order valence-corrected chi connectivity index (χ4v) is 5.03. The number of ether oxygens (including phenoxy) is 2. The normalized spacial score (nSPS) is 11.3. The molecule has 0 N–H and O–H groups in total. The average molecular weight is 479 g/mol. The van der Waals surface area contributed by atoms with Gasteiger partial charge in [-0.3, -0.25) is 14.4 Å². The monoisotopic (exact) mass is 478 g/mol. The van der Waals surface area contributed by atoms with Gasteiger partial charge in [-0.2, -0.15) is 5.10 Å². The van der Waals surface area contributed by atoms with Crippen molar-refractivity contribution >= 4 is 32.6 Å². The molecule has 0 aliphatic rings. The van der Waals surface area contributed by atoms with Crippen LogP contribution in [0.1, 0.15) is 47.1 Å². The molecular weight excluding hydrogens is 448 g/mol. The topological polar surface area (TPSA) is 69.5 Å². The SMILES string of the molecule is COc1cc(OC)cc(C(=O)N(CCn2nc(C)cc2C)c2nc3c(C(C)C)cccc3s2)c1. The molecule has 0 aliphatic heterocycles. The molecule has 2 heterocycles. The molecule has 0 unspecified atom stereocenters. The van der Waals surface area contributed by atoms with E-state index >= 15 is 0 Å². The fourth-order valence-electron chi connectivity index (χ4n) is 4.01. The number of benzene rings is 2. The van der Waals surface area contributed by atoms with E-state index in [-0.39, 0.29) is 5.91 Å². The van der Waals surface area contributed by atoms with Crippen molar-refractivity contribution in [1.82, 2.24) is 14.8 Å². The molecule has 0 saturated heterocycles. The van der Waals surface area contributed by atoms with E-state index in [4.69, 9.17) is 14.5 Å². The van der Waals surface area contributed by atoms with E-state index in [1.807, 2.05) is 24.6 Å². The molecule has 0 atom stereocenters. The van der Waals surface area contributed by atoms with Gasteiger partial charge >= 0.3 is 0 Å². The van der Waals surface area contributed by atoms with Crippen molar-refractivity contribution in [2.45, 2.75) is 40.2 Å². The maximum atomic E-state index is 13.8. The van der Waals surface area contributed by atoms with Gasteiger partial charge in [0.1, 0.15) is 11.5 Å². The van der Waals surface area contributed by atoms with Crippen LogP contribution in [0.2, 0.25) is 0 Å². The molecule has 2 aromatic heterocycles. The van der Waals surface area contributed by atoms with Gasteiger partial charge in [-0.15, -0.1) is 0 Å². The predicted octanol–water partition coefficient (Wildman–Crippen LogP) is 5.60. The van der Waals surface area contributed by atoms with Gasteiger partial charge in [0.15, 0.2) is 5.13 Å². The molecule has 8 heteroatoms. The van der Waals surface area contributed by atoms with Crippen LogP contribution in [0.5, 0.6) is 11.5 Å². The van der Waals surface area contributed by atoms with Gasteiger partial charge in [0.05, 0.1) is 36.7 Å². The summed E-state index contributed by atoms with van der Waals surface area (Å²) in [4.78, 5) is 20.5. The minimum atomic E-state index is -0.163. The largest absolute Gasteiger partial charge is 0.497 e. The smallest absolute Gasteiger partial charge is 0.260 e. The Labute approximate surface area is 203 Å². The molecule has 2 aromatic carbocycles. The minimum Gasteiger partial charge on any atom is -0.497 e. The van der Waals surface area contributed by atoms with Crippen molar-refractivity contribution in [2.75, 3.05) is 25.7 Å². The van der Waals surface area contributed by atoms with Gasteiger partial charge in [0, 0.05) is 23.9 Å². The molecule has 0 spiro atoms. The number of rotatable bonds is 8. The summed E-state index contributed by atoms with van der Waals surface area (Å²) in [5.41, 5.74) is 4.61. The van der Waals surface area contributed by atoms with E-state index < -0.39 is 0 Å². The first-order valence-corrected chi connectivity index (χ1v) is 12.1. The number of hydrogen-bond acceptors (Lipinski definition) is 6. The molecule has 0 bridgehead atoms. The van der Waals surface area contributed by atoms with Gasteiger partial charge in [0.25, 0.3) is 5.91 Å². The van der Waals surface area contributed by atoms with E-state index in [0.717, 1.165) is 21.6 Å². The van der Waals surface area contributed by atoms with Gasteiger partial charge in [-0.25, -0.2) is 4.98 Å². The summed E-state index contributed by atoms with van der Waals surface area (Å²) in [6.45, 7) is 9.28. The van der Waals surface area contributed by atoms with Crippen LogP contribution in [0.15, 0.2) is 42.5 Å². The Morgan fingerprint density at radius 1 is 1.09 bits per heavy atom. The average Bonchev–Trinajstić information content (AvgIpc) is 3.40. The van der Waals surface area contributed by atoms with Crippen LogP contribution in [0.3, 0.4) is 0 Å². The summed E-state index contributed by atoms with van der Waals surface area (Å²) in [6.07, 6.45) is 0. The highest BCUT2D eigenvalue weighted by Gasteiger charge is 2.24. The number of methoxy groups -OCH3 is 2. The predicted molar refractivity (Wildman–Crippen MR) is 137 cm³/mol. The van der Waals surface area contributed by atoms with Crippen molar-refractivity contribution in [3.63, 3.8) is 0 Å². The zero-order chi connectivity index (χ0) is 24.4. The number of carbonyl (C=O) groups is 1. The van der Waals surface area contributed by atoms with E-state index in [1.54, 1.807) is 37.3 Å². The van der Waals surface area contributed by atoms with Crippen LogP contribution >= 0.6 is 11.3 Å². The number of para-hydroxylation sites is 1. The summed E-state index contributed by atoms with van der Waals surface area (Å²) < 4.78 is 13.8. The van der Waals surface area contributed by atoms with E-state index in [2.05, 4.69) is 37.1 Å². The Bertz CT molecular complexity index is 1300. The lowest BCUT2D eigenvalue weighted by molar-refractivity contribution is 0.0985. The van der Waals surface area contributed by atoms with Gasteiger partial charge in [-0.1, -0.05) is 37.3 Å². The Kier molecular flexibility index (Phi) is 6.88. The zero-order valence-corrected chi connectivity index (χ0v) is 21.3. The van der Waals surface area contributed by atoms with Crippen LogP contribution in [-0.2, 0) is 6.54 Å². The van der Waals surface area contributed by atoms with Gasteiger partial charge < -0.3 is 9.47 Å². The second-order valence-electron chi connectivity index (χ2n) is 8.55. The van der Waals surface area contributed by atoms with E-state index in [9.17, 15) is 4.79 Å². The third-order valence-electron chi connectivity index (χ3n) is 5.77. The standard InChI is InChI=1S/C26H30N4O3S/c1-16(2)22-8-7-9-23-24(22)27-26(34-23)29(10-11-30-18(4)12-17(3)28-30)25(31)19-13-20(32-5)15-21(14-19)33-6/h7-9,12-16H,10-11H2,1-6H3. The molecule has 4 aromatic rings. The number of nitrogens with zero attached hydrogens (tertiary/aromatic N) is 4. The van der Waals surface area contributed by atoms with Crippen molar-refractivity contribution in [3.05, 3.63) is 65.0 Å². The van der Waals surface area contributed by atoms with Crippen LogP contribution in [0.25, 0.3) is 10.2 Å². The third-order valence-corrected chi connectivity index (χ3v) is 6.82. The number of thiazole rings is 1. The summed E-state index contributed by atoms with van der Waals surface area (Å²) in [7, 11) is 3.15. The highest BCUT2D eigenvalue weighted by Crippen LogP contribution is 2.34. The van der Waals surface area contributed by atoms with Gasteiger partial charge in [-0.05, 0) is 49.6 Å². The number of hydrogen-bond donors (Lipinski definition) is 0. The van der Waals surface area contributed by atoms with Crippen molar-refractivity contribution < 1.29 is 14.3 Å².